The molecule has 0 heterocycles. The number of carbonyl (C=O) groups is 3. The Morgan fingerprint density at radius 3 is 2.31 bits per heavy atom. The van der Waals surface area contributed by atoms with Crippen molar-refractivity contribution in [2.75, 3.05) is 13.6 Å². The van der Waals surface area contributed by atoms with Crippen LogP contribution in [0.4, 0.5) is 0 Å². The van der Waals surface area contributed by atoms with E-state index in [9.17, 15) is 14.4 Å². The van der Waals surface area contributed by atoms with Gasteiger partial charge in [0.25, 0.3) is 0 Å². The molecule has 0 saturated heterocycles. The van der Waals surface area contributed by atoms with Gasteiger partial charge in [-0.05, 0) is 6.42 Å². The van der Waals surface area contributed by atoms with E-state index in [0.29, 0.717) is 6.42 Å². The lowest BCUT2D eigenvalue weighted by Gasteiger charge is -2.16. The van der Waals surface area contributed by atoms with Gasteiger partial charge in [-0.15, -0.1) is 0 Å². The number of amides is 3. The molecule has 3 N–H and O–H groups in total. The molecule has 0 unspecified atom stereocenters. The number of nitrogens with one attached hydrogen (secondary N) is 3. The summed E-state index contributed by atoms with van der Waals surface area (Å²) in [6.45, 7) is 3.20. The van der Waals surface area contributed by atoms with Gasteiger partial charge in [-0.3, -0.25) is 14.4 Å². The van der Waals surface area contributed by atoms with Crippen molar-refractivity contribution < 1.29 is 14.4 Å². The zero-order valence-electron chi connectivity index (χ0n) is 9.92. The second-order valence-corrected chi connectivity index (χ2v) is 3.43. The number of hydrogen-bond acceptors (Lipinski definition) is 3. The minimum Gasteiger partial charge on any atom is -0.358 e. The van der Waals surface area contributed by atoms with Crippen LogP contribution in [0.2, 0.25) is 0 Å². The van der Waals surface area contributed by atoms with Crippen molar-refractivity contribution in [2.24, 2.45) is 0 Å². The minimum atomic E-state index is -0.563. The lowest BCUT2D eigenvalue weighted by molar-refractivity contribution is -0.129. The maximum absolute atomic E-state index is 11.6. The first-order valence-corrected chi connectivity index (χ1v) is 5.26. The highest BCUT2D eigenvalue weighted by molar-refractivity contribution is 5.89. The summed E-state index contributed by atoms with van der Waals surface area (Å²) < 4.78 is 0. The highest BCUT2D eigenvalue weighted by atomic mass is 16.2. The standard InChI is InChI=1S/C10H19N3O3/c1-4-5-8(13-7(2)14)10(16)12-6-9(15)11-3/h8H,4-6H2,1-3H3,(H,11,15)(H,12,16)(H,13,14)/t8-/m1/s1. The first kappa shape index (κ1) is 14.4. The molecule has 0 aromatic rings. The van der Waals surface area contributed by atoms with E-state index >= 15 is 0 Å². The maximum Gasteiger partial charge on any atom is 0.243 e. The normalized spacial score (nSPS) is 11.4. The van der Waals surface area contributed by atoms with Crippen molar-refractivity contribution in [2.45, 2.75) is 32.7 Å². The molecule has 0 aliphatic rings. The Hall–Kier alpha value is -1.59. The summed E-state index contributed by atoms with van der Waals surface area (Å²) in [4.78, 5) is 33.3. The molecule has 6 heteroatoms. The Morgan fingerprint density at radius 2 is 1.88 bits per heavy atom. The third-order valence-electron chi connectivity index (χ3n) is 1.97. The molecule has 0 radical (unpaired) electrons. The second kappa shape index (κ2) is 7.67. The zero-order valence-corrected chi connectivity index (χ0v) is 9.92. The fourth-order valence-electron chi connectivity index (χ4n) is 1.18. The van der Waals surface area contributed by atoms with Crippen molar-refractivity contribution in [3.8, 4) is 0 Å². The molecular formula is C10H19N3O3. The van der Waals surface area contributed by atoms with Crippen LogP contribution in [-0.2, 0) is 14.4 Å². The summed E-state index contributed by atoms with van der Waals surface area (Å²) in [6.07, 6.45) is 1.33. The lowest BCUT2D eigenvalue weighted by Crippen LogP contribution is -2.48. The van der Waals surface area contributed by atoms with Gasteiger partial charge in [-0.25, -0.2) is 0 Å². The summed E-state index contributed by atoms with van der Waals surface area (Å²) in [5.74, 6) is -0.861. The van der Waals surface area contributed by atoms with E-state index in [2.05, 4.69) is 16.0 Å². The van der Waals surface area contributed by atoms with E-state index in [1.165, 1.54) is 14.0 Å². The number of rotatable bonds is 6. The van der Waals surface area contributed by atoms with Crippen LogP contribution in [0, 0.1) is 0 Å². The van der Waals surface area contributed by atoms with Crippen LogP contribution in [0.1, 0.15) is 26.7 Å². The van der Waals surface area contributed by atoms with Gasteiger partial charge in [0.15, 0.2) is 0 Å². The topological polar surface area (TPSA) is 87.3 Å². The summed E-state index contributed by atoms with van der Waals surface area (Å²) in [7, 11) is 1.49. The summed E-state index contributed by atoms with van der Waals surface area (Å²) in [5.41, 5.74) is 0. The largest absolute Gasteiger partial charge is 0.358 e. The molecule has 16 heavy (non-hydrogen) atoms. The highest BCUT2D eigenvalue weighted by Crippen LogP contribution is 1.96. The molecule has 0 aliphatic heterocycles. The molecule has 0 spiro atoms. The average molecular weight is 229 g/mol. The molecule has 0 aromatic heterocycles. The van der Waals surface area contributed by atoms with Gasteiger partial charge in [0, 0.05) is 14.0 Å². The van der Waals surface area contributed by atoms with Crippen molar-refractivity contribution in [3.63, 3.8) is 0 Å². The molecule has 0 saturated carbocycles. The van der Waals surface area contributed by atoms with E-state index in [1.54, 1.807) is 0 Å². The van der Waals surface area contributed by atoms with E-state index in [1.807, 2.05) is 6.92 Å². The molecule has 0 aromatic carbocycles. The Morgan fingerprint density at radius 1 is 1.25 bits per heavy atom. The Balaban J connectivity index is 4.16. The fourth-order valence-corrected chi connectivity index (χ4v) is 1.18. The molecule has 3 amide bonds. The van der Waals surface area contributed by atoms with E-state index in [4.69, 9.17) is 0 Å². The first-order chi connectivity index (χ1) is 7.51. The van der Waals surface area contributed by atoms with Crippen molar-refractivity contribution in [1.29, 1.82) is 0 Å². The monoisotopic (exact) mass is 229 g/mol. The first-order valence-electron chi connectivity index (χ1n) is 5.26. The van der Waals surface area contributed by atoms with Gasteiger partial charge in [0.1, 0.15) is 6.04 Å². The van der Waals surface area contributed by atoms with Gasteiger partial charge < -0.3 is 16.0 Å². The van der Waals surface area contributed by atoms with E-state index < -0.39 is 6.04 Å². The van der Waals surface area contributed by atoms with Crippen molar-refractivity contribution in [1.82, 2.24) is 16.0 Å². The van der Waals surface area contributed by atoms with Crippen LogP contribution in [0.25, 0.3) is 0 Å². The van der Waals surface area contributed by atoms with E-state index in [0.717, 1.165) is 6.42 Å². The predicted octanol–water partition coefficient (Wildman–Crippen LogP) is -0.847. The van der Waals surface area contributed by atoms with Crippen LogP contribution in [0.5, 0.6) is 0 Å². The van der Waals surface area contributed by atoms with Crippen LogP contribution >= 0.6 is 0 Å². The SMILES string of the molecule is CCC[C@@H](NC(C)=O)C(=O)NCC(=O)NC. The zero-order chi connectivity index (χ0) is 12.6. The number of hydrogen-bond donors (Lipinski definition) is 3. The Labute approximate surface area is 95.2 Å². The molecule has 0 bridgehead atoms. The third-order valence-corrected chi connectivity index (χ3v) is 1.97. The lowest BCUT2D eigenvalue weighted by atomic mass is 10.1. The van der Waals surface area contributed by atoms with Gasteiger partial charge >= 0.3 is 0 Å². The smallest absolute Gasteiger partial charge is 0.243 e. The van der Waals surface area contributed by atoms with Gasteiger partial charge in [-0.1, -0.05) is 13.3 Å². The van der Waals surface area contributed by atoms with Crippen LogP contribution in [0.3, 0.4) is 0 Å². The summed E-state index contributed by atoms with van der Waals surface area (Å²) in [6, 6.07) is -0.563. The maximum atomic E-state index is 11.6. The predicted molar refractivity (Wildman–Crippen MR) is 59.6 cm³/mol. The Kier molecular flexibility index (Phi) is 6.91. The molecule has 92 valence electrons. The van der Waals surface area contributed by atoms with Crippen LogP contribution in [0.15, 0.2) is 0 Å². The minimum absolute atomic E-state index is 0.0743. The molecule has 0 aliphatic carbocycles. The summed E-state index contributed by atoms with van der Waals surface area (Å²) >= 11 is 0. The quantitative estimate of drug-likeness (QED) is 0.554. The molecule has 6 nitrogen and oxygen atoms in total. The van der Waals surface area contributed by atoms with Crippen LogP contribution < -0.4 is 16.0 Å². The molecule has 0 fully saturated rings. The molecular weight excluding hydrogens is 210 g/mol. The average Bonchev–Trinajstić information content (AvgIpc) is 2.24. The van der Waals surface area contributed by atoms with E-state index in [-0.39, 0.29) is 24.3 Å². The van der Waals surface area contributed by atoms with Crippen molar-refractivity contribution >= 4 is 17.7 Å². The molecule has 1 atom stereocenters. The summed E-state index contributed by atoms with van der Waals surface area (Å²) in [5, 5.41) is 7.39. The van der Waals surface area contributed by atoms with Gasteiger partial charge in [-0.2, -0.15) is 0 Å². The number of likely N-dealkylation sites (N-methyl/N-ethyl adjacent to an activating group) is 1. The highest BCUT2D eigenvalue weighted by Gasteiger charge is 2.18. The van der Waals surface area contributed by atoms with Gasteiger partial charge in [0.2, 0.25) is 17.7 Å². The third kappa shape index (κ3) is 6.00. The van der Waals surface area contributed by atoms with Crippen molar-refractivity contribution in [3.05, 3.63) is 0 Å². The van der Waals surface area contributed by atoms with Crippen LogP contribution in [-0.4, -0.2) is 37.4 Å². The number of carbonyl (C=O) groups excluding carboxylic acids is 3. The van der Waals surface area contributed by atoms with Gasteiger partial charge in [0.05, 0.1) is 6.54 Å². The second-order valence-electron chi connectivity index (χ2n) is 3.43. The molecule has 0 rings (SSSR count). The Bertz CT molecular complexity index is 266. The fraction of sp³-hybridized carbons (Fsp3) is 0.700.